The average Bonchev–Trinajstić information content (AvgIpc) is 2.14. The molecule has 0 aliphatic rings. The second kappa shape index (κ2) is 4.40. The molecule has 78 valence electrons. The number of rotatable bonds is 3. The van der Waals surface area contributed by atoms with Gasteiger partial charge in [-0.05, 0) is 24.0 Å². The predicted octanol–water partition coefficient (Wildman–Crippen LogP) is 2.71. The van der Waals surface area contributed by atoms with E-state index in [1.165, 1.54) is 0 Å². The molecule has 0 bridgehead atoms. The third kappa shape index (κ3) is 2.98. The van der Waals surface area contributed by atoms with Crippen molar-refractivity contribution in [1.82, 2.24) is 10.2 Å². The third-order valence-corrected chi connectivity index (χ3v) is 2.35. The van der Waals surface area contributed by atoms with Crippen LogP contribution in [0.5, 0.6) is 0 Å². The fraction of sp³-hybridized carbons (Fsp3) is 0.636. The molecule has 0 saturated heterocycles. The van der Waals surface area contributed by atoms with Crippen LogP contribution in [0.4, 0.5) is 5.82 Å². The Balaban J connectivity index is 2.67. The van der Waals surface area contributed by atoms with E-state index in [4.69, 9.17) is 0 Å². The van der Waals surface area contributed by atoms with Crippen LogP contribution in [0.2, 0.25) is 0 Å². The van der Waals surface area contributed by atoms with Gasteiger partial charge in [-0.25, -0.2) is 0 Å². The van der Waals surface area contributed by atoms with E-state index < -0.39 is 0 Å². The Kier molecular flexibility index (Phi) is 3.44. The van der Waals surface area contributed by atoms with Gasteiger partial charge < -0.3 is 5.32 Å². The molecule has 1 aromatic rings. The van der Waals surface area contributed by atoms with Gasteiger partial charge in [0, 0.05) is 12.2 Å². The zero-order chi connectivity index (χ0) is 10.6. The van der Waals surface area contributed by atoms with Crippen LogP contribution in [0.25, 0.3) is 0 Å². The molecule has 0 amide bonds. The molecule has 14 heavy (non-hydrogen) atoms. The summed E-state index contributed by atoms with van der Waals surface area (Å²) in [5.74, 6) is 0.856. The van der Waals surface area contributed by atoms with E-state index in [0.717, 1.165) is 12.2 Å². The Morgan fingerprint density at radius 1 is 1.43 bits per heavy atom. The Morgan fingerprint density at radius 3 is 2.57 bits per heavy atom. The molecule has 1 heterocycles. The summed E-state index contributed by atoms with van der Waals surface area (Å²) in [4.78, 5) is 0. The van der Waals surface area contributed by atoms with Crippen LogP contribution in [0.3, 0.4) is 0 Å². The molecule has 0 fully saturated rings. The number of aromatic nitrogens is 2. The van der Waals surface area contributed by atoms with E-state index in [0.29, 0.717) is 6.04 Å². The molecular formula is C11H19N3. The molecule has 0 saturated carbocycles. The van der Waals surface area contributed by atoms with E-state index in [9.17, 15) is 0 Å². The topological polar surface area (TPSA) is 37.8 Å². The molecule has 0 aliphatic carbocycles. The lowest BCUT2D eigenvalue weighted by Crippen LogP contribution is -2.33. The minimum Gasteiger partial charge on any atom is -0.365 e. The van der Waals surface area contributed by atoms with Crippen LogP contribution < -0.4 is 5.32 Å². The molecule has 1 N–H and O–H groups in total. The van der Waals surface area contributed by atoms with Gasteiger partial charge in [-0.3, -0.25) is 0 Å². The summed E-state index contributed by atoms with van der Waals surface area (Å²) in [5, 5.41) is 11.3. The summed E-state index contributed by atoms with van der Waals surface area (Å²) in [6.07, 6.45) is 2.77. The molecule has 0 aromatic carbocycles. The van der Waals surface area contributed by atoms with Gasteiger partial charge in [-0.15, -0.1) is 5.10 Å². The fourth-order valence-corrected chi connectivity index (χ4v) is 1.49. The highest BCUT2D eigenvalue weighted by Gasteiger charge is 2.22. The summed E-state index contributed by atoms with van der Waals surface area (Å²) in [6, 6.07) is 4.27. The fourth-order valence-electron chi connectivity index (χ4n) is 1.49. The van der Waals surface area contributed by atoms with Gasteiger partial charge in [0.2, 0.25) is 0 Å². The quantitative estimate of drug-likeness (QED) is 0.802. The Morgan fingerprint density at radius 2 is 2.14 bits per heavy atom. The second-order valence-electron chi connectivity index (χ2n) is 4.58. The lowest BCUT2D eigenvalue weighted by Gasteiger charge is -2.30. The maximum absolute atomic E-state index is 4.02. The lowest BCUT2D eigenvalue weighted by atomic mass is 9.85. The standard InChI is InChI=1S/C11H19N3/c1-5-9(11(2,3)4)13-10-7-6-8-12-14-10/h6-9H,5H2,1-4H3,(H,13,14). The van der Waals surface area contributed by atoms with E-state index in [2.05, 4.69) is 43.2 Å². The minimum atomic E-state index is 0.242. The first kappa shape index (κ1) is 11.0. The van der Waals surface area contributed by atoms with Crippen LogP contribution in [-0.2, 0) is 0 Å². The van der Waals surface area contributed by atoms with E-state index in [-0.39, 0.29) is 5.41 Å². The highest BCUT2D eigenvalue weighted by atomic mass is 15.2. The van der Waals surface area contributed by atoms with Crippen molar-refractivity contribution in [3.63, 3.8) is 0 Å². The van der Waals surface area contributed by atoms with Crippen LogP contribution in [0, 0.1) is 5.41 Å². The normalized spacial score (nSPS) is 13.7. The van der Waals surface area contributed by atoms with Crippen LogP contribution in [0.1, 0.15) is 34.1 Å². The molecule has 0 spiro atoms. The molecule has 1 aromatic heterocycles. The number of anilines is 1. The van der Waals surface area contributed by atoms with Gasteiger partial charge in [-0.2, -0.15) is 5.10 Å². The van der Waals surface area contributed by atoms with Crippen LogP contribution >= 0.6 is 0 Å². The van der Waals surface area contributed by atoms with Crippen molar-refractivity contribution in [2.24, 2.45) is 5.41 Å². The molecule has 3 heteroatoms. The Bertz CT molecular complexity index is 264. The van der Waals surface area contributed by atoms with Gasteiger partial charge in [0.1, 0.15) is 5.82 Å². The van der Waals surface area contributed by atoms with E-state index in [1.807, 2.05) is 12.1 Å². The maximum atomic E-state index is 4.02. The van der Waals surface area contributed by atoms with Gasteiger partial charge in [0.25, 0.3) is 0 Å². The molecule has 1 unspecified atom stereocenters. The van der Waals surface area contributed by atoms with Gasteiger partial charge in [-0.1, -0.05) is 27.7 Å². The highest BCUT2D eigenvalue weighted by molar-refractivity contribution is 5.33. The zero-order valence-corrected chi connectivity index (χ0v) is 9.41. The first-order valence-corrected chi connectivity index (χ1v) is 5.08. The van der Waals surface area contributed by atoms with E-state index in [1.54, 1.807) is 6.20 Å². The average molecular weight is 193 g/mol. The van der Waals surface area contributed by atoms with Crippen molar-refractivity contribution in [3.05, 3.63) is 18.3 Å². The second-order valence-corrected chi connectivity index (χ2v) is 4.58. The van der Waals surface area contributed by atoms with Crippen molar-refractivity contribution < 1.29 is 0 Å². The van der Waals surface area contributed by atoms with Crippen molar-refractivity contribution in [3.8, 4) is 0 Å². The van der Waals surface area contributed by atoms with E-state index >= 15 is 0 Å². The number of hydrogen-bond donors (Lipinski definition) is 1. The van der Waals surface area contributed by atoms with Gasteiger partial charge in [0.05, 0.1) is 0 Å². The maximum Gasteiger partial charge on any atom is 0.148 e. The number of hydrogen-bond acceptors (Lipinski definition) is 3. The van der Waals surface area contributed by atoms with Crippen LogP contribution in [-0.4, -0.2) is 16.2 Å². The minimum absolute atomic E-state index is 0.242. The van der Waals surface area contributed by atoms with Crippen molar-refractivity contribution in [2.75, 3.05) is 5.32 Å². The molecule has 1 atom stereocenters. The summed E-state index contributed by atoms with van der Waals surface area (Å²) < 4.78 is 0. The monoisotopic (exact) mass is 193 g/mol. The molecule has 3 nitrogen and oxygen atoms in total. The van der Waals surface area contributed by atoms with Crippen LogP contribution in [0.15, 0.2) is 18.3 Å². The van der Waals surface area contributed by atoms with Gasteiger partial charge in [0.15, 0.2) is 0 Å². The predicted molar refractivity (Wildman–Crippen MR) is 59.2 cm³/mol. The number of nitrogens with one attached hydrogen (secondary N) is 1. The van der Waals surface area contributed by atoms with Crippen molar-refractivity contribution in [1.29, 1.82) is 0 Å². The summed E-state index contributed by atoms with van der Waals surface area (Å²) in [7, 11) is 0. The molecule has 1 rings (SSSR count). The zero-order valence-electron chi connectivity index (χ0n) is 9.41. The summed E-state index contributed by atoms with van der Waals surface area (Å²) in [5.41, 5.74) is 0.242. The Hall–Kier alpha value is -1.12. The third-order valence-electron chi connectivity index (χ3n) is 2.35. The summed E-state index contributed by atoms with van der Waals surface area (Å²) >= 11 is 0. The van der Waals surface area contributed by atoms with Gasteiger partial charge >= 0.3 is 0 Å². The molecular weight excluding hydrogens is 174 g/mol. The smallest absolute Gasteiger partial charge is 0.148 e. The largest absolute Gasteiger partial charge is 0.365 e. The SMILES string of the molecule is CCC(Nc1cccnn1)C(C)(C)C. The molecule has 0 radical (unpaired) electrons. The first-order valence-electron chi connectivity index (χ1n) is 5.08. The van der Waals surface area contributed by atoms with Crippen molar-refractivity contribution in [2.45, 2.75) is 40.2 Å². The lowest BCUT2D eigenvalue weighted by molar-refractivity contribution is 0.333. The Labute approximate surface area is 85.9 Å². The number of nitrogens with zero attached hydrogens (tertiary/aromatic N) is 2. The first-order chi connectivity index (χ1) is 6.54. The molecule has 0 aliphatic heterocycles. The van der Waals surface area contributed by atoms with Crippen molar-refractivity contribution >= 4 is 5.82 Å². The summed E-state index contributed by atoms with van der Waals surface area (Å²) in [6.45, 7) is 8.86. The highest BCUT2D eigenvalue weighted by Crippen LogP contribution is 2.24.